The van der Waals surface area contributed by atoms with Crippen molar-refractivity contribution in [1.82, 2.24) is 25.6 Å². The molecule has 19 heavy (non-hydrogen) atoms. The molecule has 0 saturated heterocycles. The largest absolute Gasteiger partial charge is 0.399 e. The topological polar surface area (TPSA) is 105 Å². The summed E-state index contributed by atoms with van der Waals surface area (Å²) in [5.74, 6) is 0.611. The Hall–Kier alpha value is -2.70. The quantitative estimate of drug-likeness (QED) is 0.612. The van der Waals surface area contributed by atoms with E-state index in [-0.39, 0.29) is 6.04 Å². The molecule has 0 aliphatic rings. The summed E-state index contributed by atoms with van der Waals surface area (Å²) in [6.45, 7) is 1.97. The second kappa shape index (κ2) is 4.52. The van der Waals surface area contributed by atoms with E-state index in [9.17, 15) is 0 Å². The van der Waals surface area contributed by atoms with Crippen LogP contribution in [0.2, 0.25) is 0 Å². The number of rotatable bonds is 3. The molecule has 1 aromatic carbocycles. The highest BCUT2D eigenvalue weighted by molar-refractivity contribution is 5.92. The van der Waals surface area contributed by atoms with Crippen molar-refractivity contribution in [3.05, 3.63) is 36.3 Å². The van der Waals surface area contributed by atoms with Crippen molar-refractivity contribution in [2.24, 2.45) is 0 Å². The van der Waals surface area contributed by atoms with E-state index in [1.807, 2.05) is 31.2 Å². The molecule has 2 heterocycles. The lowest BCUT2D eigenvalue weighted by Crippen LogP contribution is -2.09. The fourth-order valence-corrected chi connectivity index (χ4v) is 1.94. The molecule has 4 N–H and O–H groups in total. The fraction of sp³-hybridized carbons (Fsp3) is 0.167. The Morgan fingerprint density at radius 2 is 2.21 bits per heavy atom. The van der Waals surface area contributed by atoms with E-state index in [2.05, 4.69) is 30.9 Å². The number of pyridine rings is 1. The number of aromatic nitrogens is 5. The third-order valence-electron chi connectivity index (χ3n) is 2.89. The molecule has 3 aromatic rings. The van der Waals surface area contributed by atoms with Crippen LogP contribution < -0.4 is 11.1 Å². The monoisotopic (exact) mass is 255 g/mol. The average Bonchev–Trinajstić information content (AvgIpc) is 2.92. The van der Waals surface area contributed by atoms with Crippen molar-refractivity contribution in [2.75, 3.05) is 11.1 Å². The molecule has 0 saturated carbocycles. The van der Waals surface area contributed by atoms with E-state index < -0.39 is 0 Å². The first-order valence-electron chi connectivity index (χ1n) is 5.88. The number of tetrazole rings is 1. The molecule has 1 unspecified atom stereocenters. The zero-order valence-electron chi connectivity index (χ0n) is 10.3. The molecule has 0 aliphatic carbocycles. The van der Waals surface area contributed by atoms with Crippen LogP contribution in [0.5, 0.6) is 0 Å². The Labute approximate surface area is 109 Å². The molecule has 3 rings (SSSR count). The minimum atomic E-state index is -0.0538. The minimum absolute atomic E-state index is 0.0538. The van der Waals surface area contributed by atoms with Gasteiger partial charge in [0.15, 0.2) is 5.82 Å². The molecule has 7 nitrogen and oxygen atoms in total. The first-order valence-corrected chi connectivity index (χ1v) is 5.88. The van der Waals surface area contributed by atoms with Crippen LogP contribution in [0.1, 0.15) is 18.8 Å². The number of hydrogen-bond donors (Lipinski definition) is 3. The van der Waals surface area contributed by atoms with Gasteiger partial charge in [-0.25, -0.2) is 0 Å². The third kappa shape index (κ3) is 2.17. The number of H-pyrrole nitrogens is 1. The van der Waals surface area contributed by atoms with Crippen molar-refractivity contribution in [3.8, 4) is 0 Å². The summed E-state index contributed by atoms with van der Waals surface area (Å²) in [7, 11) is 0. The number of fused-ring (bicyclic) bond motifs is 1. The van der Waals surface area contributed by atoms with Gasteiger partial charge in [0.1, 0.15) is 0 Å². The predicted molar refractivity (Wildman–Crippen MR) is 72.4 cm³/mol. The van der Waals surface area contributed by atoms with Gasteiger partial charge in [0.05, 0.1) is 11.6 Å². The molecule has 96 valence electrons. The Kier molecular flexibility index (Phi) is 2.71. The lowest BCUT2D eigenvalue weighted by molar-refractivity contribution is 0.794. The highest BCUT2D eigenvalue weighted by Gasteiger charge is 2.11. The summed E-state index contributed by atoms with van der Waals surface area (Å²) in [4.78, 5) is 4.30. The van der Waals surface area contributed by atoms with Gasteiger partial charge in [0.25, 0.3) is 0 Å². The predicted octanol–water partition coefficient (Wildman–Crippen LogP) is 1.50. The molecule has 1 atom stereocenters. The van der Waals surface area contributed by atoms with E-state index in [1.165, 1.54) is 0 Å². The maximum atomic E-state index is 5.76. The van der Waals surface area contributed by atoms with Crippen LogP contribution in [0.15, 0.2) is 30.5 Å². The molecular formula is C12H13N7. The molecule has 0 aliphatic heterocycles. The second-order valence-corrected chi connectivity index (χ2v) is 4.27. The van der Waals surface area contributed by atoms with Gasteiger partial charge in [-0.05, 0) is 31.2 Å². The Balaban J connectivity index is 1.97. The van der Waals surface area contributed by atoms with Gasteiger partial charge in [-0.1, -0.05) is 5.21 Å². The van der Waals surface area contributed by atoms with Crippen LogP contribution in [0.3, 0.4) is 0 Å². The van der Waals surface area contributed by atoms with Crippen LogP contribution in [0.25, 0.3) is 10.9 Å². The third-order valence-corrected chi connectivity index (χ3v) is 2.89. The first-order chi connectivity index (χ1) is 9.24. The van der Waals surface area contributed by atoms with Gasteiger partial charge in [-0.15, -0.1) is 10.2 Å². The molecule has 0 radical (unpaired) electrons. The molecule has 0 amide bonds. The summed E-state index contributed by atoms with van der Waals surface area (Å²) in [6, 6.07) is 7.51. The standard InChI is InChI=1S/C12H13N7/c1-7(12-16-18-19-17-12)15-10-4-5-14-11-6-8(13)2-3-9(10)11/h2-7H,13H2,1H3,(H,14,15)(H,16,17,18,19). The van der Waals surface area contributed by atoms with Crippen LogP contribution >= 0.6 is 0 Å². The summed E-state index contributed by atoms with van der Waals surface area (Å²) in [5, 5.41) is 18.3. The fourth-order valence-electron chi connectivity index (χ4n) is 1.94. The number of hydrogen-bond acceptors (Lipinski definition) is 6. The van der Waals surface area contributed by atoms with Gasteiger partial charge in [0, 0.05) is 23.0 Å². The van der Waals surface area contributed by atoms with E-state index in [4.69, 9.17) is 5.73 Å². The number of nitrogens with zero attached hydrogens (tertiary/aromatic N) is 4. The average molecular weight is 255 g/mol. The van der Waals surface area contributed by atoms with Crippen molar-refractivity contribution >= 4 is 22.3 Å². The highest BCUT2D eigenvalue weighted by Crippen LogP contribution is 2.25. The summed E-state index contributed by atoms with van der Waals surface area (Å²) in [6.07, 6.45) is 1.74. The van der Waals surface area contributed by atoms with Crippen molar-refractivity contribution < 1.29 is 0 Å². The Morgan fingerprint density at radius 1 is 1.32 bits per heavy atom. The Morgan fingerprint density at radius 3 is 3.00 bits per heavy atom. The molecule has 0 spiro atoms. The van der Waals surface area contributed by atoms with E-state index in [1.54, 1.807) is 6.20 Å². The van der Waals surface area contributed by atoms with Crippen LogP contribution in [-0.4, -0.2) is 25.6 Å². The number of benzene rings is 1. The van der Waals surface area contributed by atoms with Crippen LogP contribution in [0.4, 0.5) is 11.4 Å². The second-order valence-electron chi connectivity index (χ2n) is 4.27. The van der Waals surface area contributed by atoms with Crippen LogP contribution in [-0.2, 0) is 0 Å². The zero-order valence-corrected chi connectivity index (χ0v) is 10.3. The van der Waals surface area contributed by atoms with E-state index in [0.29, 0.717) is 11.5 Å². The first kappa shape index (κ1) is 11.4. The van der Waals surface area contributed by atoms with Crippen molar-refractivity contribution in [1.29, 1.82) is 0 Å². The normalized spacial score (nSPS) is 12.5. The maximum Gasteiger partial charge on any atom is 0.196 e. The lowest BCUT2D eigenvalue weighted by Gasteiger charge is -2.13. The summed E-state index contributed by atoms with van der Waals surface area (Å²) >= 11 is 0. The van der Waals surface area contributed by atoms with Gasteiger partial charge in [-0.3, -0.25) is 4.98 Å². The maximum absolute atomic E-state index is 5.76. The highest BCUT2D eigenvalue weighted by atomic mass is 15.5. The number of anilines is 2. The molecule has 0 bridgehead atoms. The molecular weight excluding hydrogens is 242 g/mol. The van der Waals surface area contributed by atoms with Gasteiger partial charge < -0.3 is 11.1 Å². The van der Waals surface area contributed by atoms with Crippen molar-refractivity contribution in [3.63, 3.8) is 0 Å². The van der Waals surface area contributed by atoms with Gasteiger partial charge in [0.2, 0.25) is 0 Å². The van der Waals surface area contributed by atoms with Crippen molar-refractivity contribution in [2.45, 2.75) is 13.0 Å². The lowest BCUT2D eigenvalue weighted by atomic mass is 10.1. The van der Waals surface area contributed by atoms with Crippen LogP contribution in [0, 0.1) is 0 Å². The smallest absolute Gasteiger partial charge is 0.196 e. The summed E-state index contributed by atoms with van der Waals surface area (Å²) in [5.41, 5.74) is 8.27. The molecule has 0 fully saturated rings. The summed E-state index contributed by atoms with van der Waals surface area (Å²) < 4.78 is 0. The zero-order chi connectivity index (χ0) is 13.2. The number of nitrogens with one attached hydrogen (secondary N) is 2. The number of nitrogens with two attached hydrogens (primary N) is 1. The number of aromatic amines is 1. The molecule has 7 heteroatoms. The van der Waals surface area contributed by atoms with Gasteiger partial charge in [-0.2, -0.15) is 5.21 Å². The number of nitrogen functional groups attached to an aromatic ring is 1. The van der Waals surface area contributed by atoms with Gasteiger partial charge >= 0.3 is 0 Å². The molecule has 2 aromatic heterocycles. The minimum Gasteiger partial charge on any atom is -0.399 e. The Bertz CT molecular complexity index is 692. The van der Waals surface area contributed by atoms with E-state index >= 15 is 0 Å². The van der Waals surface area contributed by atoms with E-state index in [0.717, 1.165) is 16.6 Å². The SMILES string of the molecule is CC(Nc1ccnc2cc(N)ccc12)c1nn[nH]n1.